The van der Waals surface area contributed by atoms with Gasteiger partial charge in [-0.2, -0.15) is 0 Å². The van der Waals surface area contributed by atoms with Gasteiger partial charge in [0.05, 0.1) is 24.9 Å². The Kier molecular flexibility index (Phi) is 5.79. The highest BCUT2D eigenvalue weighted by molar-refractivity contribution is 7.80. The number of nitrogens with zero attached hydrogens (tertiary/aromatic N) is 3. The van der Waals surface area contributed by atoms with Crippen LogP contribution >= 0.6 is 12.2 Å². The van der Waals surface area contributed by atoms with Crippen molar-refractivity contribution in [2.24, 2.45) is 0 Å². The Balaban J connectivity index is 1.58. The molecule has 1 aliphatic rings. The highest BCUT2D eigenvalue weighted by Gasteiger charge is 2.41. The van der Waals surface area contributed by atoms with E-state index in [1.807, 2.05) is 65.4 Å². The largest absolute Gasteiger partial charge is 0.497 e. The smallest absolute Gasteiger partial charge is 0.170 e. The molecule has 2 atom stereocenters. The quantitative estimate of drug-likeness (QED) is 0.403. The molecule has 33 heavy (non-hydrogen) atoms. The van der Waals surface area contributed by atoms with E-state index >= 15 is 0 Å². The number of benzene rings is 2. The van der Waals surface area contributed by atoms with Crippen LogP contribution in [0.5, 0.6) is 5.75 Å². The average Bonchev–Trinajstić information content (AvgIpc) is 3.45. The Morgan fingerprint density at radius 1 is 1.03 bits per heavy atom. The van der Waals surface area contributed by atoms with Gasteiger partial charge < -0.3 is 19.5 Å². The summed E-state index contributed by atoms with van der Waals surface area (Å²) < 4.78 is 21.3. The number of methoxy groups -OCH3 is 1. The molecule has 5 rings (SSSR count). The van der Waals surface area contributed by atoms with Crippen LogP contribution in [0.1, 0.15) is 29.0 Å². The number of aromatic nitrogens is 2. The Morgan fingerprint density at radius 2 is 1.88 bits per heavy atom. The van der Waals surface area contributed by atoms with Crippen LogP contribution in [0.15, 0.2) is 91.3 Å². The van der Waals surface area contributed by atoms with Crippen molar-refractivity contribution in [3.8, 4) is 11.4 Å². The molecule has 0 amide bonds. The molecule has 1 fully saturated rings. The van der Waals surface area contributed by atoms with Gasteiger partial charge in [-0.05, 0) is 72.4 Å². The van der Waals surface area contributed by atoms with Gasteiger partial charge in [0.15, 0.2) is 5.11 Å². The van der Waals surface area contributed by atoms with Gasteiger partial charge in [-0.15, -0.1) is 0 Å². The average molecular weight is 459 g/mol. The summed E-state index contributed by atoms with van der Waals surface area (Å²) in [6, 6.07) is 24.2. The highest BCUT2D eigenvalue weighted by atomic mass is 32.1. The SMILES string of the molecule is COc1ccc(CN2C(=S)N[C@@H](c3ccccn3)[C@H]2c2cccn2-c2cccc(F)c2)cc1. The Morgan fingerprint density at radius 3 is 2.61 bits per heavy atom. The lowest BCUT2D eigenvalue weighted by Crippen LogP contribution is -2.30. The lowest BCUT2D eigenvalue weighted by molar-refractivity contribution is 0.302. The first-order chi connectivity index (χ1) is 16.1. The molecule has 1 N–H and O–H groups in total. The van der Waals surface area contributed by atoms with Crippen molar-refractivity contribution in [3.05, 3.63) is 114 Å². The van der Waals surface area contributed by atoms with Gasteiger partial charge in [-0.25, -0.2) is 4.39 Å². The molecule has 166 valence electrons. The van der Waals surface area contributed by atoms with Crippen molar-refractivity contribution >= 4 is 17.3 Å². The fraction of sp³-hybridized carbons (Fsp3) is 0.154. The van der Waals surface area contributed by atoms with E-state index in [0.717, 1.165) is 28.4 Å². The predicted octanol–water partition coefficient (Wildman–Crippen LogP) is 5.19. The van der Waals surface area contributed by atoms with E-state index < -0.39 is 0 Å². The van der Waals surface area contributed by atoms with E-state index in [4.69, 9.17) is 17.0 Å². The van der Waals surface area contributed by atoms with Crippen LogP contribution in [0, 0.1) is 5.82 Å². The van der Waals surface area contributed by atoms with Gasteiger partial charge in [0.25, 0.3) is 0 Å². The summed E-state index contributed by atoms with van der Waals surface area (Å²) in [6.07, 6.45) is 3.74. The Labute approximate surface area is 197 Å². The van der Waals surface area contributed by atoms with Crippen molar-refractivity contribution in [3.63, 3.8) is 0 Å². The molecule has 2 aromatic heterocycles. The van der Waals surface area contributed by atoms with Crippen molar-refractivity contribution in [1.29, 1.82) is 0 Å². The lowest BCUT2D eigenvalue weighted by atomic mass is 10.0. The number of pyridine rings is 1. The first kappa shape index (κ1) is 21.2. The fourth-order valence-electron chi connectivity index (χ4n) is 4.32. The molecule has 4 aromatic rings. The summed E-state index contributed by atoms with van der Waals surface area (Å²) in [5.41, 5.74) is 3.76. The molecule has 0 aliphatic carbocycles. The summed E-state index contributed by atoms with van der Waals surface area (Å²) in [5, 5.41) is 4.13. The maximum Gasteiger partial charge on any atom is 0.170 e. The number of hydrogen-bond donors (Lipinski definition) is 1. The van der Waals surface area contributed by atoms with Crippen LogP contribution in [0.3, 0.4) is 0 Å². The van der Waals surface area contributed by atoms with Crippen molar-refractivity contribution in [2.45, 2.75) is 18.6 Å². The number of rotatable bonds is 6. The van der Waals surface area contributed by atoms with E-state index in [9.17, 15) is 4.39 Å². The summed E-state index contributed by atoms with van der Waals surface area (Å²) in [6.45, 7) is 0.609. The van der Waals surface area contributed by atoms with Crippen LogP contribution in [0.2, 0.25) is 0 Å². The summed E-state index contributed by atoms with van der Waals surface area (Å²) in [7, 11) is 1.66. The summed E-state index contributed by atoms with van der Waals surface area (Å²) >= 11 is 5.79. The predicted molar refractivity (Wildman–Crippen MR) is 130 cm³/mol. The summed E-state index contributed by atoms with van der Waals surface area (Å²) in [4.78, 5) is 6.77. The molecule has 5 nitrogen and oxygen atoms in total. The first-order valence-electron chi connectivity index (χ1n) is 10.7. The zero-order chi connectivity index (χ0) is 22.8. The van der Waals surface area contributed by atoms with Gasteiger partial charge in [-0.3, -0.25) is 4.98 Å². The molecule has 0 unspecified atom stereocenters. The second-order valence-corrected chi connectivity index (χ2v) is 8.27. The molecule has 1 saturated heterocycles. The minimum Gasteiger partial charge on any atom is -0.497 e. The second-order valence-electron chi connectivity index (χ2n) is 7.89. The normalized spacial score (nSPS) is 17.8. The topological polar surface area (TPSA) is 42.3 Å². The minimum absolute atomic E-state index is 0.146. The van der Waals surface area contributed by atoms with Crippen LogP contribution in [0.25, 0.3) is 5.69 Å². The molecule has 2 aromatic carbocycles. The van der Waals surface area contributed by atoms with Crippen LogP contribution in [-0.2, 0) is 6.54 Å². The number of thiocarbonyl (C=S) groups is 1. The van der Waals surface area contributed by atoms with Gasteiger partial charge in [0.1, 0.15) is 11.6 Å². The minimum atomic E-state index is -0.274. The van der Waals surface area contributed by atoms with E-state index in [1.54, 1.807) is 19.4 Å². The zero-order valence-corrected chi connectivity index (χ0v) is 18.9. The fourth-order valence-corrected chi connectivity index (χ4v) is 4.63. The van der Waals surface area contributed by atoms with Crippen molar-refractivity contribution < 1.29 is 9.13 Å². The van der Waals surface area contributed by atoms with Gasteiger partial charge in [-0.1, -0.05) is 24.3 Å². The molecular weight excluding hydrogens is 435 g/mol. The molecule has 0 spiro atoms. The van der Waals surface area contributed by atoms with Crippen LogP contribution in [0.4, 0.5) is 4.39 Å². The van der Waals surface area contributed by atoms with Crippen LogP contribution in [-0.4, -0.2) is 26.7 Å². The van der Waals surface area contributed by atoms with E-state index in [1.165, 1.54) is 12.1 Å². The zero-order valence-electron chi connectivity index (χ0n) is 18.1. The highest BCUT2D eigenvalue weighted by Crippen LogP contribution is 2.40. The Bertz CT molecular complexity index is 1260. The third-order valence-corrected chi connectivity index (χ3v) is 6.23. The number of nitrogens with one attached hydrogen (secondary N) is 1. The van der Waals surface area contributed by atoms with Crippen molar-refractivity contribution in [2.75, 3.05) is 7.11 Å². The van der Waals surface area contributed by atoms with E-state index in [2.05, 4.69) is 21.3 Å². The maximum absolute atomic E-state index is 14.0. The molecule has 0 bridgehead atoms. The van der Waals surface area contributed by atoms with Gasteiger partial charge in [0, 0.05) is 30.3 Å². The van der Waals surface area contributed by atoms with E-state index in [-0.39, 0.29) is 17.9 Å². The number of halogens is 1. The molecule has 7 heteroatoms. The second kappa shape index (κ2) is 9.03. The van der Waals surface area contributed by atoms with Crippen molar-refractivity contribution in [1.82, 2.24) is 19.8 Å². The van der Waals surface area contributed by atoms with E-state index in [0.29, 0.717) is 11.7 Å². The molecule has 0 radical (unpaired) electrons. The third-order valence-electron chi connectivity index (χ3n) is 5.88. The molecule has 1 aliphatic heterocycles. The van der Waals surface area contributed by atoms with Crippen LogP contribution < -0.4 is 10.1 Å². The summed E-state index contributed by atoms with van der Waals surface area (Å²) in [5.74, 6) is 0.535. The van der Waals surface area contributed by atoms with Gasteiger partial charge >= 0.3 is 0 Å². The first-order valence-corrected chi connectivity index (χ1v) is 11.1. The molecular formula is C26H23FN4OS. The number of ether oxygens (including phenoxy) is 1. The Hall–Kier alpha value is -3.71. The monoisotopic (exact) mass is 458 g/mol. The maximum atomic E-state index is 14.0. The lowest BCUT2D eigenvalue weighted by Gasteiger charge is -2.29. The third kappa shape index (κ3) is 4.19. The number of hydrogen-bond acceptors (Lipinski definition) is 3. The molecule has 0 saturated carbocycles. The molecule has 3 heterocycles. The van der Waals surface area contributed by atoms with Gasteiger partial charge in [0.2, 0.25) is 0 Å². The standard InChI is InChI=1S/C26H23FN4OS/c1-32-21-12-10-18(11-13-21)17-31-25(24(29-26(31)33)22-8-2-3-14-28-22)23-9-5-15-30(23)20-7-4-6-19(27)16-20/h2-16,24-25H,17H2,1H3,(H,29,33)/t24-,25+/m0/s1.